The predicted molar refractivity (Wildman–Crippen MR) is 71.1 cm³/mol. The molecule has 0 atom stereocenters. The number of aliphatic hydroxyl groups excluding tert-OH is 1. The predicted octanol–water partition coefficient (Wildman–Crippen LogP) is 1.84. The summed E-state index contributed by atoms with van der Waals surface area (Å²) in [5.41, 5.74) is 8.30. The quantitative estimate of drug-likeness (QED) is 0.836. The van der Waals surface area contributed by atoms with Crippen LogP contribution in [-0.2, 0) is 5.54 Å². The average Bonchev–Trinajstić information content (AvgIpc) is 2.29. The molecule has 1 aliphatic carbocycles. The normalized spacial score (nSPS) is 27.6. The lowest BCUT2D eigenvalue weighted by molar-refractivity contribution is 0.0209. The fourth-order valence-corrected chi connectivity index (χ4v) is 2.61. The van der Waals surface area contributed by atoms with Gasteiger partial charge in [-0.05, 0) is 44.4 Å². The number of benzene rings is 1. The molecule has 1 aromatic rings. The van der Waals surface area contributed by atoms with Crippen LogP contribution >= 0.6 is 0 Å². The number of aliphatic hydroxyl groups is 1. The van der Waals surface area contributed by atoms with Gasteiger partial charge < -0.3 is 15.7 Å². The van der Waals surface area contributed by atoms with Crippen LogP contribution < -0.4 is 10.6 Å². The monoisotopic (exact) mass is 234 g/mol. The zero-order chi connectivity index (χ0) is 12.5. The molecule has 0 aliphatic heterocycles. The van der Waals surface area contributed by atoms with E-state index >= 15 is 0 Å². The molecule has 94 valence electrons. The van der Waals surface area contributed by atoms with Gasteiger partial charge in [0.05, 0.1) is 6.10 Å². The van der Waals surface area contributed by atoms with Crippen molar-refractivity contribution in [1.82, 2.24) is 0 Å². The largest absolute Gasteiger partial charge is 0.393 e. The van der Waals surface area contributed by atoms with Crippen molar-refractivity contribution in [3.63, 3.8) is 0 Å². The summed E-state index contributed by atoms with van der Waals surface area (Å²) in [5.74, 6) is 0. The lowest BCUT2D eigenvalue weighted by Crippen LogP contribution is -2.51. The summed E-state index contributed by atoms with van der Waals surface area (Å²) in [7, 11) is 0. The van der Waals surface area contributed by atoms with Gasteiger partial charge in [0.2, 0.25) is 0 Å². The first-order chi connectivity index (χ1) is 8.09. The highest BCUT2D eigenvalue weighted by Gasteiger charge is 2.41. The molecule has 1 aromatic carbocycles. The summed E-state index contributed by atoms with van der Waals surface area (Å²) < 4.78 is 0. The van der Waals surface area contributed by atoms with Crippen molar-refractivity contribution in [3.8, 4) is 0 Å². The van der Waals surface area contributed by atoms with Crippen molar-refractivity contribution < 1.29 is 5.11 Å². The van der Waals surface area contributed by atoms with E-state index in [0.29, 0.717) is 12.8 Å². The topological polar surface area (TPSA) is 49.5 Å². The second kappa shape index (κ2) is 4.67. The SMILES string of the molecule is CCN(CC)c1ccc(C2(N)CC(O)C2)cc1. The van der Waals surface area contributed by atoms with E-state index in [-0.39, 0.29) is 11.6 Å². The third-order valence-corrected chi connectivity index (χ3v) is 3.77. The molecule has 3 N–H and O–H groups in total. The van der Waals surface area contributed by atoms with E-state index in [1.165, 1.54) is 5.69 Å². The highest BCUT2D eigenvalue weighted by atomic mass is 16.3. The molecule has 0 heterocycles. The van der Waals surface area contributed by atoms with Gasteiger partial charge in [-0.15, -0.1) is 0 Å². The molecule has 0 aromatic heterocycles. The highest BCUT2D eigenvalue weighted by Crippen LogP contribution is 2.39. The minimum Gasteiger partial charge on any atom is -0.393 e. The maximum atomic E-state index is 9.38. The van der Waals surface area contributed by atoms with Crippen LogP contribution in [-0.4, -0.2) is 24.3 Å². The maximum Gasteiger partial charge on any atom is 0.0582 e. The molecule has 1 fully saturated rings. The third kappa shape index (κ3) is 2.31. The minimum absolute atomic E-state index is 0.220. The summed E-state index contributed by atoms with van der Waals surface area (Å²) in [6.07, 6.45) is 1.14. The number of hydrogen-bond acceptors (Lipinski definition) is 3. The fourth-order valence-electron chi connectivity index (χ4n) is 2.61. The van der Waals surface area contributed by atoms with Crippen molar-refractivity contribution in [1.29, 1.82) is 0 Å². The smallest absolute Gasteiger partial charge is 0.0582 e. The molecule has 1 saturated carbocycles. The van der Waals surface area contributed by atoms with Gasteiger partial charge in [-0.2, -0.15) is 0 Å². The number of nitrogens with zero attached hydrogens (tertiary/aromatic N) is 1. The van der Waals surface area contributed by atoms with E-state index in [4.69, 9.17) is 5.73 Å². The first kappa shape index (κ1) is 12.4. The second-order valence-corrected chi connectivity index (χ2v) is 4.94. The fraction of sp³-hybridized carbons (Fsp3) is 0.571. The van der Waals surface area contributed by atoms with E-state index in [0.717, 1.165) is 18.7 Å². The van der Waals surface area contributed by atoms with Crippen molar-refractivity contribution in [2.75, 3.05) is 18.0 Å². The van der Waals surface area contributed by atoms with Gasteiger partial charge >= 0.3 is 0 Å². The molecular formula is C14H22N2O. The molecular weight excluding hydrogens is 212 g/mol. The van der Waals surface area contributed by atoms with Crippen molar-refractivity contribution in [3.05, 3.63) is 29.8 Å². The Morgan fingerprint density at radius 3 is 2.18 bits per heavy atom. The maximum absolute atomic E-state index is 9.38. The number of rotatable bonds is 4. The van der Waals surface area contributed by atoms with Gasteiger partial charge in [-0.25, -0.2) is 0 Å². The van der Waals surface area contributed by atoms with Gasteiger partial charge in [-0.3, -0.25) is 0 Å². The number of anilines is 1. The van der Waals surface area contributed by atoms with Crippen LogP contribution in [0.15, 0.2) is 24.3 Å². The van der Waals surface area contributed by atoms with Gasteiger partial charge in [0.1, 0.15) is 0 Å². The molecule has 0 saturated heterocycles. The second-order valence-electron chi connectivity index (χ2n) is 4.94. The lowest BCUT2D eigenvalue weighted by atomic mass is 9.70. The zero-order valence-electron chi connectivity index (χ0n) is 10.7. The van der Waals surface area contributed by atoms with Crippen molar-refractivity contribution >= 4 is 5.69 Å². The Morgan fingerprint density at radius 1 is 1.24 bits per heavy atom. The van der Waals surface area contributed by atoms with Gasteiger partial charge in [0, 0.05) is 24.3 Å². The van der Waals surface area contributed by atoms with E-state index in [1.54, 1.807) is 0 Å². The van der Waals surface area contributed by atoms with Gasteiger partial charge in [-0.1, -0.05) is 12.1 Å². The van der Waals surface area contributed by atoms with Gasteiger partial charge in [0.15, 0.2) is 0 Å². The van der Waals surface area contributed by atoms with Crippen molar-refractivity contribution in [2.24, 2.45) is 5.73 Å². The first-order valence-corrected chi connectivity index (χ1v) is 6.41. The van der Waals surface area contributed by atoms with E-state index < -0.39 is 0 Å². The average molecular weight is 234 g/mol. The molecule has 2 rings (SSSR count). The molecule has 0 unspecified atom stereocenters. The highest BCUT2D eigenvalue weighted by molar-refractivity contribution is 5.48. The summed E-state index contributed by atoms with van der Waals surface area (Å²) >= 11 is 0. The molecule has 0 spiro atoms. The first-order valence-electron chi connectivity index (χ1n) is 6.41. The van der Waals surface area contributed by atoms with Crippen LogP contribution in [0, 0.1) is 0 Å². The molecule has 0 amide bonds. The Balaban J connectivity index is 2.13. The van der Waals surface area contributed by atoms with E-state index in [2.05, 4.69) is 43.0 Å². The molecule has 1 aliphatic rings. The Bertz CT molecular complexity index is 364. The third-order valence-electron chi connectivity index (χ3n) is 3.77. The molecule has 0 radical (unpaired) electrons. The van der Waals surface area contributed by atoms with Crippen LogP contribution in [0.3, 0.4) is 0 Å². The number of nitrogens with two attached hydrogens (primary N) is 1. The molecule has 0 bridgehead atoms. The Labute approximate surface area is 103 Å². The summed E-state index contributed by atoms with van der Waals surface area (Å²) in [6.45, 7) is 6.35. The summed E-state index contributed by atoms with van der Waals surface area (Å²) in [6, 6.07) is 8.45. The van der Waals surface area contributed by atoms with Crippen LogP contribution in [0.25, 0.3) is 0 Å². The van der Waals surface area contributed by atoms with E-state index in [9.17, 15) is 5.11 Å². The van der Waals surface area contributed by atoms with Crippen LogP contribution in [0.4, 0.5) is 5.69 Å². The zero-order valence-corrected chi connectivity index (χ0v) is 10.7. The Morgan fingerprint density at radius 2 is 1.76 bits per heavy atom. The lowest BCUT2D eigenvalue weighted by Gasteiger charge is -2.42. The minimum atomic E-state index is -0.304. The Kier molecular flexibility index (Phi) is 3.40. The van der Waals surface area contributed by atoms with Crippen LogP contribution in [0.1, 0.15) is 32.3 Å². The van der Waals surface area contributed by atoms with Gasteiger partial charge in [0.25, 0.3) is 0 Å². The summed E-state index contributed by atoms with van der Waals surface area (Å²) in [5, 5.41) is 9.38. The van der Waals surface area contributed by atoms with Crippen molar-refractivity contribution in [2.45, 2.75) is 38.3 Å². The Hall–Kier alpha value is -1.06. The molecule has 3 heteroatoms. The van der Waals surface area contributed by atoms with Crippen LogP contribution in [0.2, 0.25) is 0 Å². The van der Waals surface area contributed by atoms with E-state index in [1.807, 2.05) is 0 Å². The standard InChI is InChI=1S/C14H22N2O/c1-3-16(4-2)12-7-5-11(6-8-12)14(15)9-13(17)10-14/h5-8,13,17H,3-4,9-10,15H2,1-2H3. The number of hydrogen-bond donors (Lipinski definition) is 2. The summed E-state index contributed by atoms with van der Waals surface area (Å²) in [4.78, 5) is 2.31. The van der Waals surface area contributed by atoms with Crippen LogP contribution in [0.5, 0.6) is 0 Å². The molecule has 17 heavy (non-hydrogen) atoms. The molecule has 3 nitrogen and oxygen atoms in total.